The predicted octanol–water partition coefficient (Wildman–Crippen LogP) is 4.40. The van der Waals surface area contributed by atoms with Gasteiger partial charge < -0.3 is 4.74 Å². The van der Waals surface area contributed by atoms with Gasteiger partial charge in [-0.3, -0.25) is 0 Å². The van der Waals surface area contributed by atoms with Crippen LogP contribution in [-0.4, -0.2) is 28.2 Å². The predicted molar refractivity (Wildman–Crippen MR) is 96.5 cm³/mol. The third kappa shape index (κ3) is 3.44. The molecule has 5 nitrogen and oxygen atoms in total. The molecule has 1 aromatic heterocycles. The average molecular weight is 407 g/mol. The second kappa shape index (κ2) is 7.06. The van der Waals surface area contributed by atoms with Gasteiger partial charge in [-0.1, -0.05) is 15.9 Å². The Bertz CT molecular complexity index is 949. The van der Waals surface area contributed by atoms with Crippen molar-refractivity contribution in [3.63, 3.8) is 0 Å². The van der Waals surface area contributed by atoms with E-state index in [0.717, 1.165) is 10.0 Å². The molecule has 3 rings (SSSR count). The summed E-state index contributed by atoms with van der Waals surface area (Å²) in [5.41, 5.74) is 1.47. The zero-order valence-corrected chi connectivity index (χ0v) is 14.9. The Labute approximate surface area is 150 Å². The highest BCUT2D eigenvalue weighted by Gasteiger charge is 2.09. The molecule has 0 amide bonds. The van der Waals surface area contributed by atoms with E-state index in [1.807, 2.05) is 18.2 Å². The molecule has 3 aromatic rings. The lowest BCUT2D eigenvalue weighted by Crippen LogP contribution is -1.97. The Morgan fingerprint density at radius 2 is 2.04 bits per heavy atom. The lowest BCUT2D eigenvalue weighted by molar-refractivity contribution is 0.414. The first-order valence-electron chi connectivity index (χ1n) is 6.90. The molecule has 0 saturated carbocycles. The van der Waals surface area contributed by atoms with Gasteiger partial charge in [0.15, 0.2) is 5.82 Å². The van der Waals surface area contributed by atoms with Crippen LogP contribution >= 0.6 is 28.1 Å². The number of nitrogens with one attached hydrogen (secondary N) is 1. The average Bonchev–Trinajstić information content (AvgIpc) is 2.94. The third-order valence-corrected chi connectivity index (χ3v) is 4.01. The Morgan fingerprint density at radius 1 is 1.29 bits per heavy atom. The summed E-state index contributed by atoms with van der Waals surface area (Å²) in [7, 11) is 1.59. The fourth-order valence-corrected chi connectivity index (χ4v) is 2.67. The van der Waals surface area contributed by atoms with Gasteiger partial charge in [0.1, 0.15) is 11.6 Å². The van der Waals surface area contributed by atoms with Crippen LogP contribution in [0.1, 0.15) is 5.56 Å². The quantitative estimate of drug-likeness (QED) is 0.515. The second-order valence-electron chi connectivity index (χ2n) is 4.80. The van der Waals surface area contributed by atoms with Gasteiger partial charge in [0.25, 0.3) is 0 Å². The number of rotatable bonds is 4. The molecule has 0 aliphatic carbocycles. The molecule has 0 bridgehead atoms. The lowest BCUT2D eigenvalue weighted by Gasteiger charge is -2.05. The molecule has 0 aliphatic rings. The van der Waals surface area contributed by atoms with Crippen molar-refractivity contribution in [3.05, 3.63) is 63.1 Å². The maximum absolute atomic E-state index is 13.1. The molecule has 0 unspecified atom stereocenters. The van der Waals surface area contributed by atoms with E-state index < -0.39 is 0 Å². The Kier molecular flexibility index (Phi) is 4.86. The molecule has 0 atom stereocenters. The first-order valence-corrected chi connectivity index (χ1v) is 8.10. The summed E-state index contributed by atoms with van der Waals surface area (Å²) >= 11 is 8.64. The summed E-state index contributed by atoms with van der Waals surface area (Å²) in [5.74, 6) is 0.854. The van der Waals surface area contributed by atoms with Crippen LogP contribution in [0.25, 0.3) is 11.4 Å². The fourth-order valence-electron chi connectivity index (χ4n) is 2.11. The standard InChI is InChI=1S/C16H12BrFN4OS/c1-23-14-7-4-12(17)8-11(14)9-19-22-15(20-21-16(22)24)10-2-5-13(18)6-3-10/h2-9H,1H3,(H,21,24)/b19-9+. The monoisotopic (exact) mass is 406 g/mol. The number of aromatic amines is 1. The number of methoxy groups -OCH3 is 1. The van der Waals surface area contributed by atoms with Crippen LogP contribution in [0, 0.1) is 10.6 Å². The van der Waals surface area contributed by atoms with Crippen molar-refractivity contribution in [2.24, 2.45) is 5.10 Å². The molecule has 0 saturated heterocycles. The largest absolute Gasteiger partial charge is 0.496 e. The van der Waals surface area contributed by atoms with Crippen molar-refractivity contribution in [2.45, 2.75) is 0 Å². The molecular weight excluding hydrogens is 395 g/mol. The number of halogens is 2. The van der Waals surface area contributed by atoms with Crippen LogP contribution in [0.3, 0.4) is 0 Å². The van der Waals surface area contributed by atoms with E-state index in [4.69, 9.17) is 17.0 Å². The molecule has 1 N–H and O–H groups in total. The second-order valence-corrected chi connectivity index (χ2v) is 6.10. The van der Waals surface area contributed by atoms with Crippen molar-refractivity contribution in [2.75, 3.05) is 7.11 Å². The van der Waals surface area contributed by atoms with Crippen LogP contribution in [0.15, 0.2) is 52.0 Å². The molecule has 1 heterocycles. The van der Waals surface area contributed by atoms with E-state index >= 15 is 0 Å². The maximum Gasteiger partial charge on any atom is 0.216 e. The van der Waals surface area contributed by atoms with E-state index in [1.54, 1.807) is 25.5 Å². The van der Waals surface area contributed by atoms with Gasteiger partial charge >= 0.3 is 0 Å². The number of hydrogen-bond acceptors (Lipinski definition) is 4. The highest BCUT2D eigenvalue weighted by atomic mass is 79.9. The highest BCUT2D eigenvalue weighted by molar-refractivity contribution is 9.10. The fraction of sp³-hybridized carbons (Fsp3) is 0.0625. The SMILES string of the molecule is COc1ccc(Br)cc1/C=N/n1c(-c2ccc(F)cc2)n[nH]c1=S. The van der Waals surface area contributed by atoms with E-state index in [1.165, 1.54) is 16.8 Å². The molecule has 0 radical (unpaired) electrons. The maximum atomic E-state index is 13.1. The number of nitrogens with zero attached hydrogens (tertiary/aromatic N) is 3. The minimum absolute atomic E-state index is 0.318. The van der Waals surface area contributed by atoms with Gasteiger partial charge in [0.05, 0.1) is 13.3 Å². The van der Waals surface area contributed by atoms with Crippen molar-refractivity contribution < 1.29 is 9.13 Å². The minimum Gasteiger partial charge on any atom is -0.496 e. The molecule has 2 aromatic carbocycles. The zero-order valence-electron chi connectivity index (χ0n) is 12.5. The van der Waals surface area contributed by atoms with Crippen LogP contribution in [0.2, 0.25) is 0 Å². The van der Waals surface area contributed by atoms with E-state index in [9.17, 15) is 4.39 Å². The number of aromatic nitrogens is 3. The Balaban J connectivity index is 2.02. The van der Waals surface area contributed by atoms with Gasteiger partial charge in [-0.15, -0.1) is 0 Å². The number of ether oxygens (including phenoxy) is 1. The zero-order chi connectivity index (χ0) is 17.1. The first kappa shape index (κ1) is 16.5. The van der Waals surface area contributed by atoms with Crippen molar-refractivity contribution in [1.29, 1.82) is 0 Å². The van der Waals surface area contributed by atoms with E-state index in [2.05, 4.69) is 31.2 Å². The van der Waals surface area contributed by atoms with Crippen LogP contribution in [-0.2, 0) is 0 Å². The van der Waals surface area contributed by atoms with Crippen molar-refractivity contribution in [1.82, 2.24) is 14.9 Å². The molecule has 24 heavy (non-hydrogen) atoms. The van der Waals surface area contributed by atoms with Gasteiger partial charge in [-0.05, 0) is 54.7 Å². The summed E-state index contributed by atoms with van der Waals surface area (Å²) in [6.45, 7) is 0. The molecule has 8 heteroatoms. The van der Waals surface area contributed by atoms with Crippen molar-refractivity contribution in [3.8, 4) is 17.1 Å². The highest BCUT2D eigenvalue weighted by Crippen LogP contribution is 2.22. The molecule has 0 aliphatic heterocycles. The van der Waals surface area contributed by atoms with Gasteiger partial charge in [-0.2, -0.15) is 14.9 Å². The van der Waals surface area contributed by atoms with Crippen LogP contribution in [0.4, 0.5) is 4.39 Å². The smallest absolute Gasteiger partial charge is 0.216 e. The summed E-state index contributed by atoms with van der Waals surface area (Å²) in [6, 6.07) is 11.5. The van der Waals surface area contributed by atoms with Crippen molar-refractivity contribution >= 4 is 34.4 Å². The Morgan fingerprint density at radius 3 is 2.75 bits per heavy atom. The summed E-state index contributed by atoms with van der Waals surface area (Å²) < 4.78 is 21.1. The van der Waals surface area contributed by atoms with E-state index in [-0.39, 0.29) is 5.82 Å². The normalized spacial score (nSPS) is 11.1. The molecule has 0 fully saturated rings. The third-order valence-electron chi connectivity index (χ3n) is 3.26. The summed E-state index contributed by atoms with van der Waals surface area (Å²) in [4.78, 5) is 0. The number of H-pyrrole nitrogens is 1. The number of hydrogen-bond donors (Lipinski definition) is 1. The molecule has 0 spiro atoms. The van der Waals surface area contributed by atoms with Crippen LogP contribution < -0.4 is 4.74 Å². The molecule has 122 valence electrons. The van der Waals surface area contributed by atoms with E-state index in [0.29, 0.717) is 21.9 Å². The minimum atomic E-state index is -0.318. The molecular formula is C16H12BrFN4OS. The summed E-state index contributed by atoms with van der Waals surface area (Å²) in [6.07, 6.45) is 1.63. The topological polar surface area (TPSA) is 55.2 Å². The van der Waals surface area contributed by atoms with Crippen LogP contribution in [0.5, 0.6) is 5.75 Å². The number of benzene rings is 2. The summed E-state index contributed by atoms with van der Waals surface area (Å²) in [5, 5.41) is 11.2. The lowest BCUT2D eigenvalue weighted by atomic mass is 10.2. The Hall–Kier alpha value is -2.32. The van der Waals surface area contributed by atoms with Gasteiger partial charge in [-0.25, -0.2) is 9.49 Å². The van der Waals surface area contributed by atoms with Gasteiger partial charge in [0, 0.05) is 15.6 Å². The first-order chi connectivity index (χ1) is 11.6. The van der Waals surface area contributed by atoms with Gasteiger partial charge in [0.2, 0.25) is 4.77 Å².